The summed E-state index contributed by atoms with van der Waals surface area (Å²) >= 11 is 0. The van der Waals surface area contributed by atoms with Gasteiger partial charge >= 0.3 is 11.6 Å². The zero-order valence-corrected chi connectivity index (χ0v) is 13.2. The average Bonchev–Trinajstić information content (AvgIpc) is 2.59. The zero-order valence-electron chi connectivity index (χ0n) is 13.2. The van der Waals surface area contributed by atoms with Gasteiger partial charge in [-0.25, -0.2) is 9.59 Å². The van der Waals surface area contributed by atoms with Crippen molar-refractivity contribution in [3.05, 3.63) is 76.1 Å². The van der Waals surface area contributed by atoms with E-state index in [0.29, 0.717) is 11.0 Å². The second kappa shape index (κ2) is 7.00. The van der Waals surface area contributed by atoms with Crippen molar-refractivity contribution < 1.29 is 18.7 Å². The largest absolute Gasteiger partial charge is 0.490 e. The fraction of sp³-hybridized carbons (Fsp3) is 0.158. The standard InChI is InChI=1S/C19H16O5/c1-13-6-2-4-8-16(13)22-10-11-23-18(20)15-12-14-7-3-5-9-17(14)24-19(15)21/h2-9,12H,10-11H2,1H3. The molecule has 0 aliphatic rings. The van der Waals surface area contributed by atoms with Gasteiger partial charge in [-0.2, -0.15) is 0 Å². The van der Waals surface area contributed by atoms with Gasteiger partial charge in [-0.3, -0.25) is 0 Å². The lowest BCUT2D eigenvalue weighted by Gasteiger charge is -2.09. The molecule has 24 heavy (non-hydrogen) atoms. The Labute approximate surface area is 138 Å². The second-order valence-corrected chi connectivity index (χ2v) is 5.24. The minimum absolute atomic E-state index is 0.0411. The molecule has 0 atom stereocenters. The molecule has 0 aliphatic heterocycles. The fourth-order valence-electron chi connectivity index (χ4n) is 2.29. The molecule has 0 unspecified atom stereocenters. The van der Waals surface area contributed by atoms with Crippen molar-refractivity contribution in [1.29, 1.82) is 0 Å². The fourth-order valence-corrected chi connectivity index (χ4v) is 2.29. The summed E-state index contributed by atoms with van der Waals surface area (Å²) < 4.78 is 15.8. The number of fused-ring (bicyclic) bond motifs is 1. The van der Waals surface area contributed by atoms with Gasteiger partial charge in [0.05, 0.1) is 0 Å². The van der Waals surface area contributed by atoms with Crippen LogP contribution in [0.15, 0.2) is 63.8 Å². The van der Waals surface area contributed by atoms with E-state index in [-0.39, 0.29) is 18.8 Å². The first kappa shape index (κ1) is 15.8. The van der Waals surface area contributed by atoms with E-state index in [1.54, 1.807) is 24.3 Å². The van der Waals surface area contributed by atoms with Crippen LogP contribution in [0.4, 0.5) is 0 Å². The van der Waals surface area contributed by atoms with Crippen LogP contribution in [0, 0.1) is 6.92 Å². The van der Waals surface area contributed by atoms with Gasteiger partial charge in [-0.1, -0.05) is 36.4 Å². The predicted octanol–water partition coefficient (Wildman–Crippen LogP) is 3.34. The summed E-state index contributed by atoms with van der Waals surface area (Å²) in [6, 6.07) is 16.0. The van der Waals surface area contributed by atoms with Gasteiger partial charge in [-0.05, 0) is 30.7 Å². The summed E-state index contributed by atoms with van der Waals surface area (Å²) in [6.45, 7) is 2.18. The van der Waals surface area contributed by atoms with Crippen LogP contribution in [-0.4, -0.2) is 19.2 Å². The summed E-state index contributed by atoms with van der Waals surface area (Å²) in [4.78, 5) is 23.9. The Morgan fingerprint density at radius 1 is 1.04 bits per heavy atom. The van der Waals surface area contributed by atoms with Crippen molar-refractivity contribution in [3.63, 3.8) is 0 Å². The quantitative estimate of drug-likeness (QED) is 0.409. The van der Waals surface area contributed by atoms with Gasteiger partial charge < -0.3 is 13.9 Å². The van der Waals surface area contributed by atoms with Gasteiger partial charge in [0.25, 0.3) is 0 Å². The monoisotopic (exact) mass is 324 g/mol. The number of esters is 1. The van der Waals surface area contributed by atoms with Gasteiger partial charge in [0.15, 0.2) is 0 Å². The third-order valence-electron chi connectivity index (χ3n) is 3.53. The molecule has 0 aliphatic carbocycles. The summed E-state index contributed by atoms with van der Waals surface area (Å²) in [5.74, 6) is 0.0154. The first-order valence-corrected chi connectivity index (χ1v) is 7.53. The Bertz CT molecular complexity index is 926. The van der Waals surface area contributed by atoms with Crippen molar-refractivity contribution in [2.45, 2.75) is 6.92 Å². The van der Waals surface area contributed by atoms with Gasteiger partial charge in [0, 0.05) is 5.39 Å². The maximum absolute atomic E-state index is 12.0. The summed E-state index contributed by atoms with van der Waals surface area (Å²) in [5, 5.41) is 0.667. The van der Waals surface area contributed by atoms with Crippen LogP contribution >= 0.6 is 0 Å². The minimum Gasteiger partial charge on any atom is -0.490 e. The molecule has 5 heteroatoms. The van der Waals surface area contributed by atoms with E-state index >= 15 is 0 Å². The Kier molecular flexibility index (Phi) is 4.61. The maximum atomic E-state index is 12.0. The van der Waals surface area contributed by atoms with Crippen molar-refractivity contribution >= 4 is 16.9 Å². The first-order chi connectivity index (χ1) is 11.6. The topological polar surface area (TPSA) is 65.7 Å². The van der Waals surface area contributed by atoms with E-state index in [1.165, 1.54) is 6.07 Å². The van der Waals surface area contributed by atoms with E-state index < -0.39 is 11.6 Å². The molecular formula is C19H16O5. The highest BCUT2D eigenvalue weighted by atomic mass is 16.6. The van der Waals surface area contributed by atoms with E-state index in [4.69, 9.17) is 13.9 Å². The lowest BCUT2D eigenvalue weighted by molar-refractivity contribution is 0.0445. The molecular weight excluding hydrogens is 308 g/mol. The molecule has 0 amide bonds. The average molecular weight is 324 g/mol. The van der Waals surface area contributed by atoms with Crippen LogP contribution in [0.25, 0.3) is 11.0 Å². The van der Waals surface area contributed by atoms with Crippen molar-refractivity contribution in [2.24, 2.45) is 0 Å². The first-order valence-electron chi connectivity index (χ1n) is 7.53. The minimum atomic E-state index is -0.720. The lowest BCUT2D eigenvalue weighted by Crippen LogP contribution is -2.19. The third-order valence-corrected chi connectivity index (χ3v) is 3.53. The molecule has 0 radical (unpaired) electrons. The van der Waals surface area contributed by atoms with Crippen LogP contribution in [0.5, 0.6) is 5.75 Å². The van der Waals surface area contributed by atoms with E-state index in [9.17, 15) is 9.59 Å². The zero-order chi connectivity index (χ0) is 16.9. The lowest BCUT2D eigenvalue weighted by atomic mass is 10.2. The summed E-state index contributed by atoms with van der Waals surface area (Å²) in [6.07, 6.45) is 0. The third kappa shape index (κ3) is 3.46. The molecule has 0 saturated carbocycles. The SMILES string of the molecule is Cc1ccccc1OCCOC(=O)c1cc2ccccc2oc1=O. The highest BCUT2D eigenvalue weighted by molar-refractivity contribution is 5.92. The molecule has 2 aromatic carbocycles. The summed E-state index contributed by atoms with van der Waals surface area (Å²) in [5.41, 5.74) is 0.601. The Hall–Kier alpha value is -3.08. The smallest absolute Gasteiger partial charge is 0.351 e. The van der Waals surface area contributed by atoms with Gasteiger partial charge in [0.1, 0.15) is 30.1 Å². The molecule has 0 saturated heterocycles. The molecule has 0 bridgehead atoms. The number of para-hydroxylation sites is 2. The maximum Gasteiger partial charge on any atom is 0.351 e. The van der Waals surface area contributed by atoms with Crippen molar-refractivity contribution in [2.75, 3.05) is 13.2 Å². The van der Waals surface area contributed by atoms with Crippen LogP contribution in [0.1, 0.15) is 15.9 Å². The normalized spacial score (nSPS) is 10.5. The molecule has 0 N–H and O–H groups in total. The number of aryl methyl sites for hydroxylation is 1. The highest BCUT2D eigenvalue weighted by Crippen LogP contribution is 2.16. The predicted molar refractivity (Wildman–Crippen MR) is 89.4 cm³/mol. The number of carbonyl (C=O) groups is 1. The molecule has 3 aromatic rings. The molecule has 3 rings (SSSR count). The van der Waals surface area contributed by atoms with Crippen LogP contribution < -0.4 is 10.4 Å². The van der Waals surface area contributed by atoms with Crippen LogP contribution in [-0.2, 0) is 4.74 Å². The molecule has 5 nitrogen and oxygen atoms in total. The number of ether oxygens (including phenoxy) is 2. The molecule has 0 fully saturated rings. The molecule has 1 aromatic heterocycles. The Morgan fingerprint density at radius 3 is 2.62 bits per heavy atom. The molecule has 1 heterocycles. The number of hydrogen-bond acceptors (Lipinski definition) is 5. The van der Waals surface area contributed by atoms with Crippen molar-refractivity contribution in [1.82, 2.24) is 0 Å². The van der Waals surface area contributed by atoms with Crippen LogP contribution in [0.2, 0.25) is 0 Å². The number of carbonyl (C=O) groups excluding carboxylic acids is 1. The molecule has 122 valence electrons. The number of rotatable bonds is 5. The summed E-state index contributed by atoms with van der Waals surface area (Å²) in [7, 11) is 0. The van der Waals surface area contributed by atoms with E-state index in [0.717, 1.165) is 11.3 Å². The van der Waals surface area contributed by atoms with Crippen LogP contribution in [0.3, 0.4) is 0 Å². The second-order valence-electron chi connectivity index (χ2n) is 5.24. The number of hydrogen-bond donors (Lipinski definition) is 0. The van der Waals surface area contributed by atoms with Crippen molar-refractivity contribution in [3.8, 4) is 5.75 Å². The Morgan fingerprint density at radius 2 is 1.79 bits per heavy atom. The van der Waals surface area contributed by atoms with Gasteiger partial charge in [-0.15, -0.1) is 0 Å². The van der Waals surface area contributed by atoms with E-state index in [2.05, 4.69) is 0 Å². The molecule has 0 spiro atoms. The van der Waals surface area contributed by atoms with E-state index in [1.807, 2.05) is 31.2 Å². The Balaban J connectivity index is 1.62. The number of benzene rings is 2. The van der Waals surface area contributed by atoms with Gasteiger partial charge in [0.2, 0.25) is 0 Å². The highest BCUT2D eigenvalue weighted by Gasteiger charge is 2.15.